The van der Waals surface area contributed by atoms with E-state index in [-0.39, 0.29) is 16.6 Å². The lowest BCUT2D eigenvalue weighted by molar-refractivity contribution is 0.0940. The summed E-state index contributed by atoms with van der Waals surface area (Å²) in [6.45, 7) is 3.50. The molecule has 2 heterocycles. The van der Waals surface area contributed by atoms with Crippen molar-refractivity contribution in [2.75, 3.05) is 0 Å². The molecule has 1 unspecified atom stereocenters. The minimum absolute atomic E-state index is 0.0818. The highest BCUT2D eigenvalue weighted by atomic mass is 35.5. The van der Waals surface area contributed by atoms with E-state index in [0.717, 1.165) is 12.8 Å². The molecule has 0 amide bonds. The maximum Gasteiger partial charge on any atom is 0.230 e. The average Bonchev–Trinajstić information content (AvgIpc) is 2.72. The van der Waals surface area contributed by atoms with Gasteiger partial charge in [-0.1, -0.05) is 25.1 Å². The first kappa shape index (κ1) is 14.2. The van der Waals surface area contributed by atoms with Gasteiger partial charge < -0.3 is 5.73 Å². The van der Waals surface area contributed by atoms with Crippen LogP contribution in [-0.4, -0.2) is 30.8 Å². The Labute approximate surface area is 119 Å². The van der Waals surface area contributed by atoms with Crippen LogP contribution in [-0.2, 0) is 0 Å². The third-order valence-electron chi connectivity index (χ3n) is 2.51. The number of rotatable bonds is 4. The molecule has 0 bridgehead atoms. The predicted octanol–water partition coefficient (Wildman–Crippen LogP) is 2.32. The molecule has 0 aliphatic carbocycles. The summed E-state index contributed by atoms with van der Waals surface area (Å²) in [6, 6.07) is 0. The van der Waals surface area contributed by atoms with Gasteiger partial charge in [-0.05, 0) is 18.0 Å². The van der Waals surface area contributed by atoms with Crippen molar-refractivity contribution in [1.82, 2.24) is 19.5 Å². The molecule has 8 heteroatoms. The molecule has 19 heavy (non-hydrogen) atoms. The number of nitrogens with zero attached hydrogens (tertiary/aromatic N) is 4. The van der Waals surface area contributed by atoms with Gasteiger partial charge in [0.05, 0.1) is 5.37 Å². The van der Waals surface area contributed by atoms with E-state index >= 15 is 0 Å². The van der Waals surface area contributed by atoms with Gasteiger partial charge in [-0.25, -0.2) is 9.97 Å². The molecule has 0 radical (unpaired) electrons. The minimum Gasteiger partial charge on any atom is -0.319 e. The quantitative estimate of drug-likeness (QED) is 0.403. The van der Waals surface area contributed by atoms with Crippen molar-refractivity contribution in [3.63, 3.8) is 0 Å². The summed E-state index contributed by atoms with van der Waals surface area (Å²) in [4.78, 5) is 23.8. The summed E-state index contributed by atoms with van der Waals surface area (Å²) in [5.41, 5.74) is 6.95. The third-order valence-corrected chi connectivity index (χ3v) is 3.73. The molecule has 6 nitrogen and oxygen atoms in total. The molecule has 0 saturated heterocycles. The third kappa shape index (κ3) is 3.05. The van der Waals surface area contributed by atoms with E-state index in [1.807, 2.05) is 0 Å². The van der Waals surface area contributed by atoms with Gasteiger partial charge in [-0.3, -0.25) is 9.36 Å². The molecule has 102 valence electrons. The minimum atomic E-state index is -0.175. The van der Waals surface area contributed by atoms with E-state index in [9.17, 15) is 4.79 Å². The molecule has 0 fully saturated rings. The van der Waals surface area contributed by atoms with Crippen molar-refractivity contribution in [1.29, 1.82) is 0 Å². The van der Waals surface area contributed by atoms with Crippen LogP contribution in [0.1, 0.15) is 31.5 Å². The SMILES string of the molecule is CCCC(N)Sc1nc(Cl)nc2c1ncn2C(C)=O. The zero-order chi connectivity index (χ0) is 14.0. The first-order chi connectivity index (χ1) is 9.02. The number of hydrogen-bond donors (Lipinski definition) is 1. The Morgan fingerprint density at radius 2 is 2.32 bits per heavy atom. The van der Waals surface area contributed by atoms with Gasteiger partial charge in [-0.15, -0.1) is 0 Å². The molecule has 0 aromatic carbocycles. The van der Waals surface area contributed by atoms with Crippen molar-refractivity contribution in [2.24, 2.45) is 5.73 Å². The largest absolute Gasteiger partial charge is 0.319 e. The van der Waals surface area contributed by atoms with Gasteiger partial charge in [-0.2, -0.15) is 4.98 Å². The Morgan fingerprint density at radius 1 is 1.58 bits per heavy atom. The smallest absolute Gasteiger partial charge is 0.230 e. The van der Waals surface area contributed by atoms with E-state index in [0.29, 0.717) is 16.2 Å². The van der Waals surface area contributed by atoms with Gasteiger partial charge in [0.1, 0.15) is 16.9 Å². The summed E-state index contributed by atoms with van der Waals surface area (Å²) in [7, 11) is 0. The van der Waals surface area contributed by atoms with Gasteiger partial charge in [0.15, 0.2) is 5.65 Å². The predicted molar refractivity (Wildman–Crippen MR) is 75.4 cm³/mol. The van der Waals surface area contributed by atoms with Gasteiger partial charge in [0, 0.05) is 6.92 Å². The second kappa shape index (κ2) is 5.85. The van der Waals surface area contributed by atoms with Crippen LogP contribution in [0.3, 0.4) is 0 Å². The molecular weight excluding hydrogens is 286 g/mol. The fraction of sp³-hybridized carbons (Fsp3) is 0.455. The molecule has 0 spiro atoms. The molecule has 1 atom stereocenters. The number of fused-ring (bicyclic) bond motifs is 1. The van der Waals surface area contributed by atoms with Crippen LogP contribution in [0.2, 0.25) is 5.28 Å². The molecule has 2 rings (SSSR count). The number of carbonyl (C=O) groups is 1. The molecule has 2 aromatic heterocycles. The lowest BCUT2D eigenvalue weighted by atomic mass is 10.3. The van der Waals surface area contributed by atoms with Gasteiger partial charge in [0.2, 0.25) is 11.2 Å². The van der Waals surface area contributed by atoms with Crippen molar-refractivity contribution >= 4 is 40.4 Å². The summed E-state index contributed by atoms with van der Waals surface area (Å²) < 4.78 is 1.35. The van der Waals surface area contributed by atoms with Crippen molar-refractivity contribution in [2.45, 2.75) is 37.1 Å². The maximum absolute atomic E-state index is 11.5. The Morgan fingerprint density at radius 3 is 2.95 bits per heavy atom. The highest BCUT2D eigenvalue weighted by molar-refractivity contribution is 8.00. The number of halogens is 1. The zero-order valence-corrected chi connectivity index (χ0v) is 12.2. The van der Waals surface area contributed by atoms with Crippen molar-refractivity contribution in [3.05, 3.63) is 11.6 Å². The van der Waals surface area contributed by atoms with Crippen LogP contribution >= 0.6 is 23.4 Å². The number of hydrogen-bond acceptors (Lipinski definition) is 6. The lowest BCUT2D eigenvalue weighted by Crippen LogP contribution is -2.15. The highest BCUT2D eigenvalue weighted by Gasteiger charge is 2.16. The second-order valence-corrected chi connectivity index (χ2v) is 5.61. The monoisotopic (exact) mass is 299 g/mol. The number of aromatic nitrogens is 4. The lowest BCUT2D eigenvalue weighted by Gasteiger charge is -2.09. The van der Waals surface area contributed by atoms with Crippen LogP contribution in [0.25, 0.3) is 11.2 Å². The number of carbonyl (C=O) groups excluding carboxylic acids is 1. The fourth-order valence-corrected chi connectivity index (χ4v) is 2.90. The Balaban J connectivity index is 2.46. The fourth-order valence-electron chi connectivity index (χ4n) is 1.65. The maximum atomic E-state index is 11.5. The number of imidazole rings is 1. The van der Waals surface area contributed by atoms with Crippen LogP contribution in [0.5, 0.6) is 0 Å². The summed E-state index contributed by atoms with van der Waals surface area (Å²) in [5, 5.41) is 0.610. The molecule has 2 N–H and O–H groups in total. The van der Waals surface area contributed by atoms with E-state index < -0.39 is 0 Å². The normalized spacial score (nSPS) is 12.8. The van der Waals surface area contributed by atoms with Gasteiger partial charge in [0.25, 0.3) is 0 Å². The van der Waals surface area contributed by atoms with Crippen molar-refractivity contribution in [3.8, 4) is 0 Å². The first-order valence-electron chi connectivity index (χ1n) is 5.86. The summed E-state index contributed by atoms with van der Waals surface area (Å²) in [6.07, 6.45) is 3.27. The summed E-state index contributed by atoms with van der Waals surface area (Å²) >= 11 is 7.28. The van der Waals surface area contributed by atoms with Crippen LogP contribution in [0.4, 0.5) is 0 Å². The molecule has 0 saturated carbocycles. The standard InChI is InChI=1S/C11H14ClN5OS/c1-3-4-7(13)19-10-8-9(15-11(12)16-10)17(5-14-8)6(2)18/h5,7H,3-4,13H2,1-2H3. The average molecular weight is 300 g/mol. The number of nitrogens with two attached hydrogens (primary N) is 1. The molecule has 0 aliphatic rings. The van der Waals surface area contributed by atoms with Crippen LogP contribution in [0.15, 0.2) is 11.4 Å². The number of thioether (sulfide) groups is 1. The Bertz CT molecular complexity index is 614. The molecule has 2 aromatic rings. The van der Waals surface area contributed by atoms with E-state index in [4.69, 9.17) is 17.3 Å². The second-order valence-electron chi connectivity index (χ2n) is 4.05. The summed E-state index contributed by atoms with van der Waals surface area (Å²) in [5.74, 6) is -0.175. The molecule has 0 aliphatic heterocycles. The Hall–Kier alpha value is -1.18. The van der Waals surface area contributed by atoms with Gasteiger partial charge >= 0.3 is 0 Å². The van der Waals surface area contributed by atoms with E-state index in [2.05, 4.69) is 21.9 Å². The zero-order valence-electron chi connectivity index (χ0n) is 10.6. The molecular formula is C11H14ClN5OS. The van der Waals surface area contributed by atoms with E-state index in [1.165, 1.54) is 29.6 Å². The first-order valence-corrected chi connectivity index (χ1v) is 7.12. The highest BCUT2D eigenvalue weighted by Crippen LogP contribution is 2.28. The Kier molecular flexibility index (Phi) is 4.38. The van der Waals surface area contributed by atoms with Crippen molar-refractivity contribution < 1.29 is 4.79 Å². The topological polar surface area (TPSA) is 86.7 Å². The van der Waals surface area contributed by atoms with Crippen LogP contribution < -0.4 is 5.73 Å². The van der Waals surface area contributed by atoms with Crippen LogP contribution in [0, 0.1) is 0 Å². The van der Waals surface area contributed by atoms with E-state index in [1.54, 1.807) is 0 Å².